The van der Waals surface area contributed by atoms with Crippen LogP contribution in [0.1, 0.15) is 37.4 Å². The highest BCUT2D eigenvalue weighted by molar-refractivity contribution is 5.01. The summed E-state index contributed by atoms with van der Waals surface area (Å²) in [6, 6.07) is 0.552. The second kappa shape index (κ2) is 4.14. The van der Waals surface area contributed by atoms with E-state index in [1.165, 1.54) is 12.8 Å². The van der Waals surface area contributed by atoms with Crippen molar-refractivity contribution in [2.24, 2.45) is 0 Å². The largest absolute Gasteiger partial charge is 0.339 e. The molecule has 88 valence electrons. The minimum atomic E-state index is 0.552. The highest BCUT2D eigenvalue weighted by Crippen LogP contribution is 2.38. The van der Waals surface area contributed by atoms with E-state index in [0.29, 0.717) is 12.0 Å². The summed E-state index contributed by atoms with van der Waals surface area (Å²) < 4.78 is 5.26. The molecule has 3 rings (SSSR count). The van der Waals surface area contributed by atoms with Crippen molar-refractivity contribution < 1.29 is 4.52 Å². The number of piperazine rings is 1. The van der Waals surface area contributed by atoms with Crippen molar-refractivity contribution in [1.82, 2.24) is 20.4 Å². The average molecular weight is 222 g/mol. The predicted octanol–water partition coefficient (Wildman–Crippen LogP) is 0.741. The molecule has 1 aliphatic heterocycles. The van der Waals surface area contributed by atoms with Crippen molar-refractivity contribution >= 4 is 0 Å². The maximum Gasteiger partial charge on any atom is 0.229 e. The molecule has 1 aliphatic carbocycles. The third kappa shape index (κ3) is 2.10. The lowest BCUT2D eigenvalue weighted by atomic mass is 10.2. The van der Waals surface area contributed by atoms with Crippen molar-refractivity contribution in [1.29, 1.82) is 0 Å². The van der Waals surface area contributed by atoms with E-state index < -0.39 is 0 Å². The molecule has 1 aromatic rings. The Morgan fingerprint density at radius 1 is 1.50 bits per heavy atom. The number of rotatable bonds is 3. The molecule has 1 atom stereocenters. The number of hydrogen-bond acceptors (Lipinski definition) is 5. The molecule has 1 saturated carbocycles. The first kappa shape index (κ1) is 10.2. The van der Waals surface area contributed by atoms with Gasteiger partial charge in [0.25, 0.3) is 0 Å². The van der Waals surface area contributed by atoms with Crippen LogP contribution >= 0.6 is 0 Å². The van der Waals surface area contributed by atoms with Crippen molar-refractivity contribution in [3.63, 3.8) is 0 Å². The SMILES string of the molecule is C[C@@H]1CNCCN1Cc1noc(C2CC2)n1. The van der Waals surface area contributed by atoms with Gasteiger partial charge in [0.1, 0.15) is 0 Å². The highest BCUT2D eigenvalue weighted by Gasteiger charge is 2.30. The van der Waals surface area contributed by atoms with Crippen LogP contribution in [0.3, 0.4) is 0 Å². The van der Waals surface area contributed by atoms with Gasteiger partial charge in [-0.3, -0.25) is 4.90 Å². The molecule has 2 heterocycles. The second-order valence-corrected chi connectivity index (χ2v) is 4.85. The van der Waals surface area contributed by atoms with Crippen LogP contribution < -0.4 is 5.32 Å². The number of aromatic nitrogens is 2. The summed E-state index contributed by atoms with van der Waals surface area (Å²) >= 11 is 0. The maximum absolute atomic E-state index is 5.26. The molecule has 5 heteroatoms. The van der Waals surface area contributed by atoms with E-state index in [4.69, 9.17) is 4.52 Å². The molecule has 0 unspecified atom stereocenters. The number of hydrogen-bond donors (Lipinski definition) is 1. The Morgan fingerprint density at radius 2 is 2.38 bits per heavy atom. The minimum Gasteiger partial charge on any atom is -0.339 e. The molecule has 2 aliphatic rings. The lowest BCUT2D eigenvalue weighted by Crippen LogP contribution is -2.49. The van der Waals surface area contributed by atoms with E-state index in [1.807, 2.05) is 0 Å². The van der Waals surface area contributed by atoms with E-state index >= 15 is 0 Å². The van der Waals surface area contributed by atoms with Gasteiger partial charge in [0.05, 0.1) is 6.54 Å². The zero-order valence-corrected chi connectivity index (χ0v) is 9.65. The van der Waals surface area contributed by atoms with Crippen LogP contribution in [0.25, 0.3) is 0 Å². The zero-order valence-electron chi connectivity index (χ0n) is 9.65. The monoisotopic (exact) mass is 222 g/mol. The Bertz CT molecular complexity index is 361. The molecule has 5 nitrogen and oxygen atoms in total. The first-order chi connectivity index (χ1) is 7.83. The first-order valence-corrected chi connectivity index (χ1v) is 6.10. The third-order valence-electron chi connectivity index (χ3n) is 3.39. The van der Waals surface area contributed by atoms with E-state index in [9.17, 15) is 0 Å². The van der Waals surface area contributed by atoms with Crippen LogP contribution in [-0.2, 0) is 6.54 Å². The van der Waals surface area contributed by atoms with Gasteiger partial charge in [0, 0.05) is 31.6 Å². The van der Waals surface area contributed by atoms with Gasteiger partial charge in [-0.25, -0.2) is 0 Å². The lowest BCUT2D eigenvalue weighted by molar-refractivity contribution is 0.160. The summed E-state index contributed by atoms with van der Waals surface area (Å²) in [6.45, 7) is 6.21. The molecule has 0 aromatic carbocycles. The predicted molar refractivity (Wildman–Crippen MR) is 59.0 cm³/mol. The summed E-state index contributed by atoms with van der Waals surface area (Å²) in [6.07, 6.45) is 2.43. The third-order valence-corrected chi connectivity index (χ3v) is 3.39. The van der Waals surface area contributed by atoms with Crippen molar-refractivity contribution in [3.8, 4) is 0 Å². The van der Waals surface area contributed by atoms with E-state index in [0.717, 1.165) is 37.9 Å². The van der Waals surface area contributed by atoms with Crippen LogP contribution in [0.15, 0.2) is 4.52 Å². The molecule has 1 saturated heterocycles. The van der Waals surface area contributed by atoms with Gasteiger partial charge in [-0.2, -0.15) is 4.98 Å². The fraction of sp³-hybridized carbons (Fsp3) is 0.818. The molecule has 2 fully saturated rings. The van der Waals surface area contributed by atoms with Gasteiger partial charge in [-0.15, -0.1) is 0 Å². The topological polar surface area (TPSA) is 54.2 Å². The molecular weight excluding hydrogens is 204 g/mol. The van der Waals surface area contributed by atoms with E-state index in [-0.39, 0.29) is 0 Å². The van der Waals surface area contributed by atoms with Gasteiger partial charge < -0.3 is 9.84 Å². The Morgan fingerprint density at radius 3 is 3.12 bits per heavy atom. The summed E-state index contributed by atoms with van der Waals surface area (Å²) in [5.41, 5.74) is 0. The summed E-state index contributed by atoms with van der Waals surface area (Å²) in [4.78, 5) is 6.86. The van der Waals surface area contributed by atoms with E-state index in [1.54, 1.807) is 0 Å². The number of nitrogens with zero attached hydrogens (tertiary/aromatic N) is 3. The van der Waals surface area contributed by atoms with Crippen molar-refractivity contribution in [2.75, 3.05) is 19.6 Å². The highest BCUT2D eigenvalue weighted by atomic mass is 16.5. The van der Waals surface area contributed by atoms with Crippen LogP contribution in [0, 0.1) is 0 Å². The molecule has 0 radical (unpaired) electrons. The fourth-order valence-corrected chi connectivity index (χ4v) is 2.13. The standard InChI is InChI=1S/C11H18N4O/c1-8-6-12-4-5-15(8)7-10-13-11(16-14-10)9-2-3-9/h8-9,12H,2-7H2,1H3/t8-/m1/s1. The Balaban J connectivity index is 1.63. The molecule has 0 bridgehead atoms. The van der Waals surface area contributed by atoms with Gasteiger partial charge >= 0.3 is 0 Å². The van der Waals surface area contributed by atoms with Gasteiger partial charge in [0.2, 0.25) is 5.89 Å². The smallest absolute Gasteiger partial charge is 0.229 e. The average Bonchev–Trinajstić information content (AvgIpc) is 3.03. The fourth-order valence-electron chi connectivity index (χ4n) is 2.13. The summed E-state index contributed by atoms with van der Waals surface area (Å²) in [5.74, 6) is 2.25. The van der Waals surface area contributed by atoms with Crippen LogP contribution in [0.4, 0.5) is 0 Å². The van der Waals surface area contributed by atoms with Crippen molar-refractivity contribution in [3.05, 3.63) is 11.7 Å². The number of nitrogens with one attached hydrogen (secondary N) is 1. The molecule has 0 spiro atoms. The van der Waals surface area contributed by atoms with Gasteiger partial charge in [-0.1, -0.05) is 5.16 Å². The van der Waals surface area contributed by atoms with Crippen LogP contribution in [0.5, 0.6) is 0 Å². The minimum absolute atomic E-state index is 0.552. The molecule has 16 heavy (non-hydrogen) atoms. The lowest BCUT2D eigenvalue weighted by Gasteiger charge is -2.32. The van der Waals surface area contributed by atoms with Crippen molar-refractivity contribution in [2.45, 2.75) is 38.3 Å². The summed E-state index contributed by atoms with van der Waals surface area (Å²) in [7, 11) is 0. The molecular formula is C11H18N4O. The Labute approximate surface area is 95.2 Å². The first-order valence-electron chi connectivity index (χ1n) is 6.10. The van der Waals surface area contributed by atoms with Gasteiger partial charge in [-0.05, 0) is 19.8 Å². The van der Waals surface area contributed by atoms with Crippen LogP contribution in [-0.4, -0.2) is 40.7 Å². The van der Waals surface area contributed by atoms with E-state index in [2.05, 4.69) is 27.3 Å². The normalized spacial score (nSPS) is 27.2. The maximum atomic E-state index is 5.26. The van der Waals surface area contributed by atoms with Crippen LogP contribution in [0.2, 0.25) is 0 Å². The molecule has 0 amide bonds. The Kier molecular flexibility index (Phi) is 2.65. The quantitative estimate of drug-likeness (QED) is 0.817. The van der Waals surface area contributed by atoms with Gasteiger partial charge in [0.15, 0.2) is 5.82 Å². The molecule has 1 N–H and O–H groups in total. The summed E-state index contributed by atoms with van der Waals surface area (Å²) in [5, 5.41) is 7.44. The second-order valence-electron chi connectivity index (χ2n) is 4.85. The Hall–Kier alpha value is -0.940. The zero-order chi connectivity index (χ0) is 11.0. The molecule has 1 aromatic heterocycles.